The lowest BCUT2D eigenvalue weighted by atomic mass is 10.1. The molecule has 0 bridgehead atoms. The van der Waals surface area contributed by atoms with Crippen LogP contribution in [0, 0.1) is 0 Å². The smallest absolute Gasteiger partial charge is 0.306 e. The number of ether oxygens (including phenoxy) is 4. The highest BCUT2D eigenvalue weighted by atomic mass is 16.5. The van der Waals surface area contributed by atoms with Crippen LogP contribution in [0.1, 0.15) is 27.9 Å². The summed E-state index contributed by atoms with van der Waals surface area (Å²) in [6.07, 6.45) is 1.37. The number of methoxy groups -OCH3 is 2. The average Bonchev–Trinajstić information content (AvgIpc) is 3.17. The van der Waals surface area contributed by atoms with Crippen LogP contribution in [0.25, 0.3) is 0 Å². The highest BCUT2D eigenvalue weighted by molar-refractivity contribution is 5.98. The molecule has 27 heavy (non-hydrogen) atoms. The van der Waals surface area contributed by atoms with Gasteiger partial charge in [0.25, 0.3) is 0 Å². The average molecular weight is 370 g/mol. The Labute approximate surface area is 158 Å². The molecule has 1 heterocycles. The molecule has 0 aromatic heterocycles. The Hall–Kier alpha value is -3.02. The van der Waals surface area contributed by atoms with E-state index in [-0.39, 0.29) is 18.8 Å². The van der Waals surface area contributed by atoms with Gasteiger partial charge in [-0.1, -0.05) is 12.1 Å². The van der Waals surface area contributed by atoms with Crippen molar-refractivity contribution in [1.29, 1.82) is 0 Å². The summed E-state index contributed by atoms with van der Waals surface area (Å²) in [6.45, 7) is 0.365. The number of carbonyl (C=O) groups is 2. The summed E-state index contributed by atoms with van der Waals surface area (Å²) in [5, 5.41) is 0. The minimum Gasteiger partial charge on any atom is -0.493 e. The van der Waals surface area contributed by atoms with E-state index in [0.29, 0.717) is 30.1 Å². The van der Waals surface area contributed by atoms with Gasteiger partial charge in [-0.3, -0.25) is 9.59 Å². The molecule has 2 aromatic carbocycles. The molecule has 6 nitrogen and oxygen atoms in total. The predicted molar refractivity (Wildman–Crippen MR) is 98.8 cm³/mol. The summed E-state index contributed by atoms with van der Waals surface area (Å²) < 4.78 is 21.2. The van der Waals surface area contributed by atoms with Crippen LogP contribution in [0.4, 0.5) is 0 Å². The van der Waals surface area contributed by atoms with Crippen LogP contribution in [-0.4, -0.2) is 39.2 Å². The molecular weight excluding hydrogens is 348 g/mol. The number of fused-ring (bicyclic) bond motifs is 1. The van der Waals surface area contributed by atoms with Crippen molar-refractivity contribution in [1.82, 2.24) is 0 Å². The number of aryl methyl sites for hydroxylation is 1. The number of benzene rings is 2. The summed E-state index contributed by atoms with van der Waals surface area (Å²) in [6, 6.07) is 10.8. The van der Waals surface area contributed by atoms with Crippen molar-refractivity contribution in [3.8, 4) is 17.2 Å². The Morgan fingerprint density at radius 1 is 1.11 bits per heavy atom. The maximum absolute atomic E-state index is 12.3. The van der Waals surface area contributed by atoms with E-state index in [1.807, 2.05) is 12.1 Å². The van der Waals surface area contributed by atoms with Crippen LogP contribution >= 0.6 is 0 Å². The lowest BCUT2D eigenvalue weighted by Crippen LogP contribution is -2.14. The van der Waals surface area contributed by atoms with E-state index < -0.39 is 5.97 Å². The topological polar surface area (TPSA) is 71.1 Å². The minimum atomic E-state index is -0.433. The van der Waals surface area contributed by atoms with Crippen LogP contribution < -0.4 is 14.2 Å². The Balaban J connectivity index is 1.52. The van der Waals surface area contributed by atoms with Crippen molar-refractivity contribution < 1.29 is 28.5 Å². The second-order valence-corrected chi connectivity index (χ2v) is 6.16. The first-order valence-electron chi connectivity index (χ1n) is 8.76. The maximum Gasteiger partial charge on any atom is 0.306 e. The predicted octanol–water partition coefficient (Wildman–Crippen LogP) is 3.00. The molecule has 6 heteroatoms. The molecule has 0 saturated heterocycles. The lowest BCUT2D eigenvalue weighted by Gasteiger charge is -2.12. The number of ketones is 1. The SMILES string of the molecule is COc1cccc(CCC(=O)OCC(=O)c2ccc3c(c2)CCO3)c1OC. The van der Waals surface area contributed by atoms with E-state index in [1.54, 1.807) is 38.5 Å². The van der Waals surface area contributed by atoms with Gasteiger partial charge < -0.3 is 18.9 Å². The quantitative estimate of drug-likeness (QED) is 0.525. The molecule has 0 aliphatic carbocycles. The maximum atomic E-state index is 12.3. The van der Waals surface area contributed by atoms with Gasteiger partial charge in [0.2, 0.25) is 0 Å². The van der Waals surface area contributed by atoms with Crippen LogP contribution in [0.5, 0.6) is 17.2 Å². The van der Waals surface area contributed by atoms with Crippen molar-refractivity contribution in [3.05, 3.63) is 53.1 Å². The fraction of sp³-hybridized carbons (Fsp3) is 0.333. The van der Waals surface area contributed by atoms with Crippen molar-refractivity contribution in [2.75, 3.05) is 27.4 Å². The first-order valence-corrected chi connectivity index (χ1v) is 8.76. The zero-order chi connectivity index (χ0) is 19.2. The zero-order valence-electron chi connectivity index (χ0n) is 15.4. The van der Waals surface area contributed by atoms with Gasteiger partial charge in [0.15, 0.2) is 23.9 Å². The molecule has 2 aromatic rings. The highest BCUT2D eigenvalue weighted by Gasteiger charge is 2.17. The van der Waals surface area contributed by atoms with Crippen molar-refractivity contribution >= 4 is 11.8 Å². The number of Topliss-reactive ketones (excluding diaryl/α,β-unsaturated/α-hetero) is 1. The first kappa shape index (κ1) is 18.8. The van der Waals surface area contributed by atoms with Gasteiger partial charge >= 0.3 is 5.97 Å². The van der Waals surface area contributed by atoms with Gasteiger partial charge in [0, 0.05) is 18.4 Å². The fourth-order valence-corrected chi connectivity index (χ4v) is 3.05. The summed E-state index contributed by atoms with van der Waals surface area (Å²) in [4.78, 5) is 24.3. The van der Waals surface area contributed by atoms with E-state index >= 15 is 0 Å². The first-order chi connectivity index (χ1) is 13.1. The van der Waals surface area contributed by atoms with Crippen LogP contribution in [0.2, 0.25) is 0 Å². The number of hydrogen-bond donors (Lipinski definition) is 0. The molecule has 1 aliphatic heterocycles. The van der Waals surface area contributed by atoms with Crippen molar-refractivity contribution in [2.45, 2.75) is 19.3 Å². The summed E-state index contributed by atoms with van der Waals surface area (Å²) in [7, 11) is 3.12. The highest BCUT2D eigenvalue weighted by Crippen LogP contribution is 2.31. The van der Waals surface area contributed by atoms with E-state index in [4.69, 9.17) is 18.9 Å². The molecule has 3 rings (SSSR count). The van der Waals surface area contributed by atoms with Crippen LogP contribution in [-0.2, 0) is 22.4 Å². The third-order valence-corrected chi connectivity index (χ3v) is 4.46. The largest absolute Gasteiger partial charge is 0.493 e. The Kier molecular flexibility index (Phi) is 5.96. The third-order valence-electron chi connectivity index (χ3n) is 4.46. The second-order valence-electron chi connectivity index (χ2n) is 6.16. The Bertz CT molecular complexity index is 843. The van der Waals surface area contributed by atoms with Gasteiger partial charge in [-0.25, -0.2) is 0 Å². The van der Waals surface area contributed by atoms with Gasteiger partial charge in [-0.2, -0.15) is 0 Å². The van der Waals surface area contributed by atoms with Gasteiger partial charge in [0.1, 0.15) is 5.75 Å². The normalized spacial score (nSPS) is 12.1. The molecule has 0 unspecified atom stereocenters. The molecule has 0 saturated carbocycles. The number of para-hydroxylation sites is 1. The van der Waals surface area contributed by atoms with Crippen LogP contribution in [0.3, 0.4) is 0 Å². The molecule has 0 atom stereocenters. The Morgan fingerprint density at radius 3 is 2.74 bits per heavy atom. The van der Waals surface area contributed by atoms with Crippen LogP contribution in [0.15, 0.2) is 36.4 Å². The van der Waals surface area contributed by atoms with E-state index in [9.17, 15) is 9.59 Å². The minimum absolute atomic E-state index is 0.148. The number of rotatable bonds is 8. The van der Waals surface area contributed by atoms with Gasteiger partial charge in [0.05, 0.1) is 20.8 Å². The summed E-state index contributed by atoms with van der Waals surface area (Å²) in [5.41, 5.74) is 2.39. The third kappa shape index (κ3) is 4.39. The lowest BCUT2D eigenvalue weighted by molar-refractivity contribution is -0.142. The fourth-order valence-electron chi connectivity index (χ4n) is 3.05. The number of hydrogen-bond acceptors (Lipinski definition) is 6. The molecule has 0 spiro atoms. The molecule has 1 aliphatic rings. The van der Waals surface area contributed by atoms with Gasteiger partial charge in [-0.05, 0) is 41.8 Å². The van der Waals surface area contributed by atoms with E-state index in [0.717, 1.165) is 23.3 Å². The second kappa shape index (κ2) is 8.58. The molecular formula is C21H22O6. The van der Waals surface area contributed by atoms with Crippen molar-refractivity contribution in [2.24, 2.45) is 0 Å². The standard InChI is InChI=1S/C21H22O6/c1-24-19-5-3-4-14(21(19)25-2)7-9-20(23)27-13-17(22)15-6-8-18-16(12-15)10-11-26-18/h3-6,8,12H,7,9-11,13H2,1-2H3. The zero-order valence-corrected chi connectivity index (χ0v) is 15.4. The molecule has 0 amide bonds. The molecule has 0 N–H and O–H groups in total. The summed E-state index contributed by atoms with van der Waals surface area (Å²) >= 11 is 0. The van der Waals surface area contributed by atoms with E-state index in [2.05, 4.69) is 0 Å². The van der Waals surface area contributed by atoms with E-state index in [1.165, 1.54) is 0 Å². The number of carbonyl (C=O) groups excluding carboxylic acids is 2. The number of esters is 1. The van der Waals surface area contributed by atoms with Gasteiger partial charge in [-0.15, -0.1) is 0 Å². The monoisotopic (exact) mass is 370 g/mol. The Morgan fingerprint density at radius 2 is 1.96 bits per heavy atom. The molecule has 0 fully saturated rings. The summed E-state index contributed by atoms with van der Waals surface area (Å²) in [5.74, 6) is 1.37. The van der Waals surface area contributed by atoms with Crippen molar-refractivity contribution in [3.63, 3.8) is 0 Å². The molecule has 142 valence electrons. The molecule has 0 radical (unpaired) electrons.